The fourth-order valence-electron chi connectivity index (χ4n) is 0.483. The fraction of sp³-hybridized carbons (Fsp3) is 0.714. The van der Waals surface area contributed by atoms with E-state index in [4.69, 9.17) is 16.5 Å². The molecule has 0 aliphatic carbocycles. The third kappa shape index (κ3) is 5.68. The van der Waals surface area contributed by atoms with Crippen LogP contribution in [0.2, 0.25) is 0 Å². The van der Waals surface area contributed by atoms with Crippen LogP contribution in [-0.2, 0) is 9.09 Å². The second-order valence-electron chi connectivity index (χ2n) is 2.34. The molecule has 12 heavy (non-hydrogen) atoms. The van der Waals surface area contributed by atoms with E-state index in [0.717, 1.165) is 17.8 Å². The number of nitrogens with two attached hydrogens (primary N) is 1. The maximum atomic E-state index is 11.4. The van der Waals surface area contributed by atoms with Gasteiger partial charge in [-0.2, -0.15) is 0 Å². The average molecular weight is 207 g/mol. The molecular formula is C7H14NO2PS. The van der Waals surface area contributed by atoms with Gasteiger partial charge in [-0.05, 0) is 6.42 Å². The Morgan fingerprint density at radius 2 is 2.42 bits per heavy atom. The molecule has 5 heteroatoms. The number of hydrogen-bond donors (Lipinski definition) is 1. The van der Waals surface area contributed by atoms with Crippen molar-refractivity contribution in [2.24, 2.45) is 5.50 Å². The van der Waals surface area contributed by atoms with E-state index in [9.17, 15) is 4.57 Å². The van der Waals surface area contributed by atoms with Crippen LogP contribution in [0.4, 0.5) is 0 Å². The molecule has 0 rings (SSSR count). The molecule has 0 radical (unpaired) electrons. The van der Waals surface area contributed by atoms with Crippen LogP contribution in [-0.4, -0.2) is 11.9 Å². The molecule has 0 saturated carbocycles. The predicted molar refractivity (Wildman–Crippen MR) is 53.9 cm³/mol. The summed E-state index contributed by atoms with van der Waals surface area (Å²) < 4.78 is 16.2. The molecule has 0 aliphatic heterocycles. The van der Waals surface area contributed by atoms with E-state index in [1.165, 1.54) is 0 Å². The predicted octanol–water partition coefficient (Wildman–Crippen LogP) is 2.23. The molecule has 70 valence electrons. The summed E-state index contributed by atoms with van der Waals surface area (Å²) in [4.78, 5) is 0. The van der Waals surface area contributed by atoms with Crippen LogP contribution in [0.1, 0.15) is 20.3 Å². The Labute approximate surface area is 77.7 Å². The summed E-state index contributed by atoms with van der Waals surface area (Å²) >= 11 is 1.16. The van der Waals surface area contributed by atoms with Crippen LogP contribution in [0.25, 0.3) is 0 Å². The summed E-state index contributed by atoms with van der Waals surface area (Å²) in [7, 11) is 0. The highest BCUT2D eigenvalue weighted by Crippen LogP contribution is 2.54. The first-order valence-corrected chi connectivity index (χ1v) is 6.84. The molecule has 3 nitrogen and oxygen atoms in total. The summed E-state index contributed by atoms with van der Waals surface area (Å²) in [6, 6.07) is 0. The highest BCUT2D eigenvalue weighted by Gasteiger charge is 2.20. The van der Waals surface area contributed by atoms with Crippen molar-refractivity contribution in [2.75, 3.05) is 6.61 Å². The minimum Gasteiger partial charge on any atom is -0.297 e. The summed E-state index contributed by atoms with van der Waals surface area (Å²) in [5.41, 5.74) is 5.38. The van der Waals surface area contributed by atoms with E-state index < -0.39 is 6.72 Å². The molecule has 0 aliphatic rings. The van der Waals surface area contributed by atoms with Crippen LogP contribution in [0.5, 0.6) is 0 Å². The van der Waals surface area contributed by atoms with Gasteiger partial charge in [-0.1, -0.05) is 31.1 Å². The zero-order valence-corrected chi connectivity index (χ0v) is 9.03. The first kappa shape index (κ1) is 12.1. The van der Waals surface area contributed by atoms with Gasteiger partial charge in [0.1, 0.15) is 6.61 Å². The fourth-order valence-corrected chi connectivity index (χ4v) is 3.74. The monoisotopic (exact) mass is 207 g/mol. The van der Waals surface area contributed by atoms with Gasteiger partial charge in [0.2, 0.25) is 0 Å². The van der Waals surface area contributed by atoms with E-state index in [-0.39, 0.29) is 11.9 Å². The van der Waals surface area contributed by atoms with Gasteiger partial charge < -0.3 is 0 Å². The van der Waals surface area contributed by atoms with Crippen molar-refractivity contribution in [3.05, 3.63) is 0 Å². The molecule has 2 N–H and O–H groups in total. The van der Waals surface area contributed by atoms with Crippen LogP contribution in [0.3, 0.4) is 0 Å². The first-order chi connectivity index (χ1) is 5.52. The minimum atomic E-state index is -3.01. The van der Waals surface area contributed by atoms with Crippen molar-refractivity contribution < 1.29 is 9.09 Å². The molecule has 0 spiro atoms. The normalized spacial score (nSPS) is 17.8. The number of terminal acetylenes is 1. The average Bonchev–Trinajstić information content (AvgIpc) is 2.00. The standard InChI is InChI=1S/C7H14NO2PS/c1-4-6-10-11(8,9)12-7(3)5-2/h1,7H,5-6H2,2-3H3,(H2,8,9). The lowest BCUT2D eigenvalue weighted by molar-refractivity contribution is 0.373. The smallest absolute Gasteiger partial charge is 0.297 e. The maximum Gasteiger partial charge on any atom is 0.325 e. The summed E-state index contributed by atoms with van der Waals surface area (Å²) in [5, 5.41) is 0.235. The Morgan fingerprint density at radius 1 is 1.83 bits per heavy atom. The van der Waals surface area contributed by atoms with Gasteiger partial charge in [0.05, 0.1) is 0 Å². The zero-order valence-electron chi connectivity index (χ0n) is 7.32. The second kappa shape index (κ2) is 5.66. The third-order valence-corrected chi connectivity index (χ3v) is 4.98. The highest BCUT2D eigenvalue weighted by molar-refractivity contribution is 8.56. The summed E-state index contributed by atoms with van der Waals surface area (Å²) in [5.74, 6) is 2.23. The Morgan fingerprint density at radius 3 is 2.83 bits per heavy atom. The minimum absolute atomic E-state index is 0.0111. The molecule has 0 aromatic rings. The molecule has 0 heterocycles. The molecule has 0 aromatic heterocycles. The molecule has 0 fully saturated rings. The van der Waals surface area contributed by atoms with Crippen molar-refractivity contribution in [3.63, 3.8) is 0 Å². The van der Waals surface area contributed by atoms with Crippen LogP contribution in [0.15, 0.2) is 0 Å². The molecule has 0 bridgehead atoms. The van der Waals surface area contributed by atoms with E-state index in [1.54, 1.807) is 0 Å². The van der Waals surface area contributed by atoms with Crippen LogP contribution >= 0.6 is 18.1 Å². The lowest BCUT2D eigenvalue weighted by atomic mass is 10.4. The Kier molecular flexibility index (Phi) is 5.69. The zero-order chi connectivity index (χ0) is 9.61. The summed E-state index contributed by atoms with van der Waals surface area (Å²) in [6.45, 7) is 0.950. The number of hydrogen-bond acceptors (Lipinski definition) is 3. The van der Waals surface area contributed by atoms with Crippen molar-refractivity contribution in [3.8, 4) is 12.3 Å². The van der Waals surface area contributed by atoms with E-state index in [2.05, 4.69) is 5.92 Å². The number of rotatable bonds is 5. The third-order valence-electron chi connectivity index (χ3n) is 1.23. The SMILES string of the molecule is C#CCOP(N)(=O)SC(C)CC. The van der Waals surface area contributed by atoms with Crippen molar-refractivity contribution >= 4 is 18.1 Å². The lowest BCUT2D eigenvalue weighted by Gasteiger charge is -2.14. The van der Waals surface area contributed by atoms with Crippen molar-refractivity contribution in [2.45, 2.75) is 25.5 Å². The molecular weight excluding hydrogens is 193 g/mol. The van der Waals surface area contributed by atoms with E-state index in [0.29, 0.717) is 0 Å². The van der Waals surface area contributed by atoms with Gasteiger partial charge in [0, 0.05) is 5.25 Å². The van der Waals surface area contributed by atoms with Gasteiger partial charge in [-0.3, -0.25) is 14.6 Å². The highest BCUT2D eigenvalue weighted by atomic mass is 32.7. The van der Waals surface area contributed by atoms with Gasteiger partial charge in [0.25, 0.3) is 0 Å². The van der Waals surface area contributed by atoms with Crippen molar-refractivity contribution in [1.82, 2.24) is 0 Å². The van der Waals surface area contributed by atoms with Crippen LogP contribution < -0.4 is 5.50 Å². The molecule has 0 amide bonds. The Balaban J connectivity index is 3.88. The summed E-state index contributed by atoms with van der Waals surface area (Å²) in [6.07, 6.45) is 5.85. The largest absolute Gasteiger partial charge is 0.325 e. The quantitative estimate of drug-likeness (QED) is 0.555. The topological polar surface area (TPSA) is 52.3 Å². The first-order valence-electron chi connectivity index (χ1n) is 3.67. The van der Waals surface area contributed by atoms with E-state index >= 15 is 0 Å². The van der Waals surface area contributed by atoms with Crippen LogP contribution in [0, 0.1) is 12.3 Å². The lowest BCUT2D eigenvalue weighted by Crippen LogP contribution is -2.01. The molecule has 2 unspecified atom stereocenters. The van der Waals surface area contributed by atoms with Gasteiger partial charge in [-0.15, -0.1) is 6.42 Å². The Bertz CT molecular complexity index is 214. The second-order valence-corrected chi connectivity index (χ2v) is 6.85. The molecule has 0 aromatic carbocycles. The Hall–Kier alpha value is 0.0600. The maximum absolute atomic E-state index is 11.4. The van der Waals surface area contributed by atoms with E-state index in [1.807, 2.05) is 13.8 Å². The van der Waals surface area contributed by atoms with Crippen molar-refractivity contribution in [1.29, 1.82) is 0 Å². The van der Waals surface area contributed by atoms with Gasteiger partial charge >= 0.3 is 6.72 Å². The molecule has 2 atom stereocenters. The molecule has 0 saturated heterocycles. The van der Waals surface area contributed by atoms with Gasteiger partial charge in [0.15, 0.2) is 0 Å². The van der Waals surface area contributed by atoms with Gasteiger partial charge in [-0.25, -0.2) is 0 Å².